The van der Waals surface area contributed by atoms with Gasteiger partial charge in [0.15, 0.2) is 0 Å². The number of carbonyl (C=O) groups excluding carboxylic acids is 2. The number of methoxy groups -OCH3 is 1. The molecule has 1 saturated heterocycles. The number of halogens is 3. The maximum Gasteiger partial charge on any atom is 0.337 e. The average molecular weight is 656 g/mol. The molecule has 1 unspecified atom stereocenters. The van der Waals surface area contributed by atoms with Crippen LogP contribution in [0.2, 0.25) is 10.0 Å². The van der Waals surface area contributed by atoms with E-state index in [4.69, 9.17) is 27.9 Å². The van der Waals surface area contributed by atoms with Gasteiger partial charge in [0.1, 0.15) is 11.4 Å². The van der Waals surface area contributed by atoms with Crippen molar-refractivity contribution >= 4 is 51.8 Å². The molecule has 4 aromatic rings. The largest absolute Gasteiger partial charge is 0.465 e. The van der Waals surface area contributed by atoms with Gasteiger partial charge >= 0.3 is 5.97 Å². The van der Waals surface area contributed by atoms with Crippen LogP contribution in [0.3, 0.4) is 0 Å². The van der Waals surface area contributed by atoms with Crippen LogP contribution in [0, 0.1) is 11.7 Å². The summed E-state index contributed by atoms with van der Waals surface area (Å²) in [5, 5.41) is 3.60. The third-order valence-corrected chi connectivity index (χ3v) is 8.96. The van der Waals surface area contributed by atoms with E-state index in [1.54, 1.807) is 54.9 Å². The zero-order valence-electron chi connectivity index (χ0n) is 26.6. The van der Waals surface area contributed by atoms with E-state index in [-0.39, 0.29) is 22.9 Å². The van der Waals surface area contributed by atoms with Crippen LogP contribution in [0.5, 0.6) is 0 Å². The zero-order valence-corrected chi connectivity index (χ0v) is 28.1. The molecule has 0 aliphatic carbocycles. The van der Waals surface area contributed by atoms with Crippen molar-refractivity contribution in [2.75, 3.05) is 19.0 Å². The number of hydrogen-bond donors (Lipinski definition) is 1. The first kappa shape index (κ1) is 34.4. The molecular weight excluding hydrogens is 614 g/mol. The van der Waals surface area contributed by atoms with Gasteiger partial charge in [0.05, 0.1) is 35.1 Å². The second kappa shape index (κ2) is 14.8. The molecule has 1 N–H and O–H groups in total. The molecule has 0 radical (unpaired) electrons. The Kier molecular flexibility index (Phi) is 11.3. The first-order chi connectivity index (χ1) is 21.5. The Labute approximate surface area is 274 Å². The third kappa shape index (κ3) is 7.19. The number of amides is 1. The van der Waals surface area contributed by atoms with E-state index in [1.165, 1.54) is 13.2 Å². The van der Waals surface area contributed by atoms with Crippen molar-refractivity contribution in [3.8, 4) is 0 Å². The Bertz CT molecular complexity index is 1660. The number of aryl methyl sites for hydroxylation is 1. The molecule has 7 nitrogen and oxygen atoms in total. The van der Waals surface area contributed by atoms with Crippen molar-refractivity contribution < 1.29 is 18.7 Å². The SMILES string of the molecule is CC.COC(=O)c1ccc2c(c1)ncn2CC[C@H]1CC(c2cccc(Cl)c2F)[C@](C)(C(=O)Nc2cccc(Cl)c2)N1CC(C)C. The molecule has 1 amide bonds. The summed E-state index contributed by atoms with van der Waals surface area (Å²) in [5.41, 5.74) is 1.93. The Morgan fingerprint density at radius 2 is 1.84 bits per heavy atom. The van der Waals surface area contributed by atoms with Crippen LogP contribution in [0.4, 0.5) is 10.1 Å². The number of aromatic nitrogens is 2. The molecule has 5 rings (SSSR count). The number of imidazole rings is 1. The molecule has 3 atom stereocenters. The van der Waals surface area contributed by atoms with Crippen molar-refractivity contribution in [1.29, 1.82) is 0 Å². The van der Waals surface area contributed by atoms with Gasteiger partial charge in [-0.2, -0.15) is 0 Å². The minimum absolute atomic E-state index is 0.0326. The highest BCUT2D eigenvalue weighted by Crippen LogP contribution is 2.49. The number of hydrogen-bond acceptors (Lipinski definition) is 5. The molecule has 2 heterocycles. The van der Waals surface area contributed by atoms with Crippen molar-refractivity contribution in [2.45, 2.75) is 71.5 Å². The lowest BCUT2D eigenvalue weighted by Gasteiger charge is -2.41. The van der Waals surface area contributed by atoms with Crippen molar-refractivity contribution in [3.05, 3.63) is 94.0 Å². The fraction of sp³-hybridized carbons (Fsp3) is 0.400. The summed E-state index contributed by atoms with van der Waals surface area (Å²) in [6.45, 7) is 11.4. The van der Waals surface area contributed by atoms with Crippen molar-refractivity contribution in [1.82, 2.24) is 14.5 Å². The smallest absolute Gasteiger partial charge is 0.337 e. The number of ether oxygens (including phenoxy) is 1. The van der Waals surface area contributed by atoms with E-state index in [2.05, 4.69) is 29.0 Å². The Morgan fingerprint density at radius 1 is 1.11 bits per heavy atom. The second-order valence-corrected chi connectivity index (χ2v) is 12.5. The Morgan fingerprint density at radius 3 is 2.53 bits per heavy atom. The fourth-order valence-electron chi connectivity index (χ4n) is 6.32. The van der Waals surface area contributed by atoms with Gasteiger partial charge in [0.2, 0.25) is 5.91 Å². The van der Waals surface area contributed by atoms with Gasteiger partial charge in [0, 0.05) is 35.8 Å². The van der Waals surface area contributed by atoms with Gasteiger partial charge in [0.25, 0.3) is 0 Å². The number of rotatable bonds is 9. The highest BCUT2D eigenvalue weighted by molar-refractivity contribution is 6.31. The summed E-state index contributed by atoms with van der Waals surface area (Å²) in [6.07, 6.45) is 3.00. The van der Waals surface area contributed by atoms with Crippen LogP contribution in [-0.2, 0) is 16.1 Å². The first-order valence-corrected chi connectivity index (χ1v) is 16.1. The van der Waals surface area contributed by atoms with Crippen LogP contribution >= 0.6 is 23.2 Å². The lowest BCUT2D eigenvalue weighted by Crippen LogP contribution is -2.56. The summed E-state index contributed by atoms with van der Waals surface area (Å²) in [5.74, 6) is -1.36. The number of likely N-dealkylation sites (tertiary alicyclic amines) is 1. The lowest BCUT2D eigenvalue weighted by molar-refractivity contribution is -0.127. The van der Waals surface area contributed by atoms with E-state index in [0.29, 0.717) is 53.3 Å². The maximum absolute atomic E-state index is 15.6. The monoisotopic (exact) mass is 654 g/mol. The Balaban J connectivity index is 0.00000226. The predicted molar refractivity (Wildman–Crippen MR) is 180 cm³/mol. The predicted octanol–water partition coefficient (Wildman–Crippen LogP) is 8.60. The number of benzene rings is 3. The van der Waals surface area contributed by atoms with E-state index < -0.39 is 23.2 Å². The van der Waals surface area contributed by atoms with Crippen LogP contribution in [-0.4, -0.2) is 51.6 Å². The molecule has 240 valence electrons. The highest BCUT2D eigenvalue weighted by atomic mass is 35.5. The highest BCUT2D eigenvalue weighted by Gasteiger charge is 2.55. The first-order valence-electron chi connectivity index (χ1n) is 15.3. The number of nitrogens with zero attached hydrogens (tertiary/aromatic N) is 3. The molecule has 0 saturated carbocycles. The average Bonchev–Trinajstić information content (AvgIpc) is 3.56. The third-order valence-electron chi connectivity index (χ3n) is 8.43. The maximum atomic E-state index is 15.6. The molecule has 45 heavy (non-hydrogen) atoms. The minimum Gasteiger partial charge on any atom is -0.465 e. The lowest BCUT2D eigenvalue weighted by atomic mass is 9.79. The molecule has 10 heteroatoms. The van der Waals surface area contributed by atoms with Crippen LogP contribution in [0.15, 0.2) is 67.0 Å². The second-order valence-electron chi connectivity index (χ2n) is 11.7. The number of fused-ring (bicyclic) bond motifs is 1. The Hall–Kier alpha value is -3.46. The van der Waals surface area contributed by atoms with E-state index in [1.807, 2.05) is 31.4 Å². The summed E-state index contributed by atoms with van der Waals surface area (Å²) in [4.78, 5) is 33.0. The molecule has 0 bridgehead atoms. The molecular formula is C35H41Cl2FN4O3. The quantitative estimate of drug-likeness (QED) is 0.183. The van der Waals surface area contributed by atoms with Gasteiger partial charge < -0.3 is 14.6 Å². The van der Waals surface area contributed by atoms with Gasteiger partial charge in [-0.1, -0.05) is 69.1 Å². The minimum atomic E-state index is -1.09. The molecule has 1 fully saturated rings. The van der Waals surface area contributed by atoms with Crippen LogP contribution in [0.1, 0.15) is 69.3 Å². The number of esters is 1. The van der Waals surface area contributed by atoms with Gasteiger partial charge in [-0.25, -0.2) is 14.2 Å². The summed E-state index contributed by atoms with van der Waals surface area (Å²) < 4.78 is 22.5. The molecule has 1 aliphatic heterocycles. The van der Waals surface area contributed by atoms with Gasteiger partial charge in [-0.15, -0.1) is 0 Å². The van der Waals surface area contributed by atoms with Gasteiger partial charge in [-0.3, -0.25) is 9.69 Å². The van der Waals surface area contributed by atoms with E-state index in [0.717, 1.165) is 5.52 Å². The molecule has 1 aromatic heterocycles. The van der Waals surface area contributed by atoms with E-state index in [9.17, 15) is 9.59 Å². The van der Waals surface area contributed by atoms with Crippen LogP contribution < -0.4 is 5.32 Å². The summed E-state index contributed by atoms with van der Waals surface area (Å²) in [7, 11) is 1.35. The fourth-order valence-corrected chi connectivity index (χ4v) is 6.69. The molecule has 1 aliphatic rings. The van der Waals surface area contributed by atoms with Crippen molar-refractivity contribution in [3.63, 3.8) is 0 Å². The molecule has 0 spiro atoms. The van der Waals surface area contributed by atoms with Gasteiger partial charge in [-0.05, 0) is 73.7 Å². The number of carbonyl (C=O) groups is 2. The normalized spacial score (nSPS) is 19.8. The standard InChI is InChI=1S/C33H35Cl2FN4O3.C2H6/c1-20(2)18-40-24(13-14-39-19-37-28-15-21(31(41)43-4)11-12-29(28)39)17-26(25-9-6-10-27(35)30(25)36)33(40,3)32(42)38-23-8-5-7-22(34)16-23;1-2/h5-12,15-16,19-20,24,26H,13-14,17-18H2,1-4H3,(H,38,42);1-2H3/t24-,26?,33+;/m0./s1. The summed E-state index contributed by atoms with van der Waals surface area (Å²) in [6, 6.07) is 17.3. The van der Waals surface area contributed by atoms with Crippen molar-refractivity contribution in [2.24, 2.45) is 5.92 Å². The zero-order chi connectivity index (χ0) is 32.9. The topological polar surface area (TPSA) is 76.5 Å². The number of anilines is 1. The van der Waals surface area contributed by atoms with Crippen LogP contribution in [0.25, 0.3) is 11.0 Å². The number of nitrogens with one attached hydrogen (secondary N) is 1. The van der Waals surface area contributed by atoms with E-state index >= 15 is 4.39 Å². The summed E-state index contributed by atoms with van der Waals surface area (Å²) >= 11 is 12.5. The molecule has 3 aromatic carbocycles.